The van der Waals surface area contributed by atoms with Crippen LogP contribution in [-0.2, 0) is 21.7 Å². The lowest BCUT2D eigenvalue weighted by atomic mass is 10.1. The maximum absolute atomic E-state index is 12.7. The average Bonchev–Trinajstić information content (AvgIpc) is 3.01. The summed E-state index contributed by atoms with van der Waals surface area (Å²) in [4.78, 5) is 22.8. The summed E-state index contributed by atoms with van der Waals surface area (Å²) in [6.07, 6.45) is 1.71. The van der Waals surface area contributed by atoms with Gasteiger partial charge in [-0.05, 0) is 26.0 Å². The van der Waals surface area contributed by atoms with Crippen molar-refractivity contribution in [2.75, 3.05) is 7.11 Å². The maximum atomic E-state index is 12.7. The van der Waals surface area contributed by atoms with Crippen molar-refractivity contribution < 1.29 is 18.8 Å². The number of pyridine rings is 1. The van der Waals surface area contributed by atoms with Gasteiger partial charge in [0, 0.05) is 41.5 Å². The van der Waals surface area contributed by atoms with Gasteiger partial charge in [0.05, 0.1) is 23.8 Å². The van der Waals surface area contributed by atoms with Crippen LogP contribution in [0.3, 0.4) is 0 Å². The van der Waals surface area contributed by atoms with Crippen LogP contribution in [0.25, 0.3) is 11.0 Å². The van der Waals surface area contributed by atoms with Crippen LogP contribution in [0.5, 0.6) is 11.5 Å². The SMILES string of the molecule is COc1c(C)cnc(C[S+]([O-])c2nc3ccc(OC(C)=O)cc3[nH]2)c1C. The zero-order chi connectivity index (χ0) is 18.8. The first-order valence-electron chi connectivity index (χ1n) is 7.94. The Morgan fingerprint density at radius 3 is 2.81 bits per heavy atom. The van der Waals surface area contributed by atoms with E-state index in [1.54, 1.807) is 31.5 Å². The van der Waals surface area contributed by atoms with Crippen LogP contribution in [0.4, 0.5) is 0 Å². The molecular formula is C18H19N3O4S. The zero-order valence-corrected chi connectivity index (χ0v) is 15.8. The molecule has 3 rings (SSSR count). The quantitative estimate of drug-likeness (QED) is 0.419. The topological polar surface area (TPSA) is 100 Å². The number of aryl methyl sites for hydroxylation is 1. The summed E-state index contributed by atoms with van der Waals surface area (Å²) in [6.45, 7) is 5.15. The standard InChI is InChI=1S/C18H19N3O4S/c1-10-8-19-16(11(2)17(10)24-4)9-26(23)18-20-14-6-5-13(25-12(3)22)7-15(14)21-18/h5-8H,9H2,1-4H3,(H,20,21). The third-order valence-corrected chi connectivity index (χ3v) is 5.09. The molecule has 0 spiro atoms. The number of benzene rings is 1. The van der Waals surface area contributed by atoms with Crippen molar-refractivity contribution in [3.63, 3.8) is 0 Å². The molecule has 0 fully saturated rings. The van der Waals surface area contributed by atoms with Crippen molar-refractivity contribution in [2.45, 2.75) is 31.7 Å². The number of ether oxygens (including phenoxy) is 2. The monoisotopic (exact) mass is 373 g/mol. The number of esters is 1. The van der Waals surface area contributed by atoms with E-state index in [1.165, 1.54) is 6.92 Å². The number of carbonyl (C=O) groups is 1. The first-order chi connectivity index (χ1) is 12.4. The van der Waals surface area contributed by atoms with E-state index in [2.05, 4.69) is 15.0 Å². The Morgan fingerprint density at radius 2 is 2.12 bits per heavy atom. The number of fused-ring (bicyclic) bond motifs is 1. The van der Waals surface area contributed by atoms with Crippen LogP contribution >= 0.6 is 0 Å². The summed E-state index contributed by atoms with van der Waals surface area (Å²) in [5.41, 5.74) is 3.80. The van der Waals surface area contributed by atoms with Crippen LogP contribution in [0, 0.1) is 13.8 Å². The van der Waals surface area contributed by atoms with Crippen molar-refractivity contribution in [3.05, 3.63) is 41.2 Å². The van der Waals surface area contributed by atoms with Gasteiger partial charge in [0.2, 0.25) is 0 Å². The molecule has 0 aliphatic heterocycles. The summed E-state index contributed by atoms with van der Waals surface area (Å²) < 4.78 is 23.2. The molecule has 0 amide bonds. The molecule has 3 aromatic rings. The number of nitrogens with one attached hydrogen (secondary N) is 1. The van der Waals surface area contributed by atoms with E-state index in [1.807, 2.05) is 13.8 Å². The van der Waals surface area contributed by atoms with Crippen molar-refractivity contribution in [2.24, 2.45) is 0 Å². The number of hydrogen-bond donors (Lipinski definition) is 1. The molecule has 0 radical (unpaired) electrons. The van der Waals surface area contributed by atoms with Gasteiger partial charge in [-0.2, -0.15) is 4.98 Å². The second-order valence-electron chi connectivity index (χ2n) is 5.85. The Hall–Kier alpha value is -2.58. The van der Waals surface area contributed by atoms with E-state index < -0.39 is 17.1 Å². The van der Waals surface area contributed by atoms with Gasteiger partial charge in [-0.15, -0.1) is 0 Å². The van der Waals surface area contributed by atoms with Crippen molar-refractivity contribution >= 4 is 28.2 Å². The van der Waals surface area contributed by atoms with Gasteiger partial charge in [0.25, 0.3) is 0 Å². The van der Waals surface area contributed by atoms with Crippen LogP contribution in [-0.4, -0.2) is 32.6 Å². The number of hydrogen-bond acceptors (Lipinski definition) is 6. The smallest absolute Gasteiger partial charge is 0.322 e. The summed E-state index contributed by atoms with van der Waals surface area (Å²) in [5.74, 6) is 0.982. The normalized spacial score (nSPS) is 12.2. The molecule has 0 saturated heterocycles. The Kier molecular flexibility index (Phi) is 5.15. The minimum absolute atomic E-state index is 0.221. The number of aromatic amines is 1. The molecule has 1 unspecified atom stereocenters. The molecule has 2 aromatic heterocycles. The van der Waals surface area contributed by atoms with Gasteiger partial charge in [-0.1, -0.05) is 0 Å². The molecule has 1 atom stereocenters. The second-order valence-corrected chi connectivity index (χ2v) is 7.22. The molecular weight excluding hydrogens is 354 g/mol. The maximum Gasteiger partial charge on any atom is 0.322 e. The summed E-state index contributed by atoms with van der Waals surface area (Å²) in [5, 5.41) is 0.348. The van der Waals surface area contributed by atoms with Gasteiger partial charge in [0.15, 0.2) is 5.75 Å². The summed E-state index contributed by atoms with van der Waals surface area (Å²) >= 11 is -1.40. The molecule has 7 nitrogen and oxygen atoms in total. The van der Waals surface area contributed by atoms with Crippen LogP contribution in [0.1, 0.15) is 23.7 Å². The lowest BCUT2D eigenvalue weighted by molar-refractivity contribution is -0.131. The molecule has 0 aliphatic rings. The van der Waals surface area contributed by atoms with Crippen molar-refractivity contribution in [1.82, 2.24) is 15.0 Å². The molecule has 26 heavy (non-hydrogen) atoms. The molecule has 2 heterocycles. The lowest BCUT2D eigenvalue weighted by Crippen LogP contribution is -2.10. The minimum atomic E-state index is -1.40. The third kappa shape index (κ3) is 3.66. The average molecular weight is 373 g/mol. The first kappa shape index (κ1) is 18.2. The van der Waals surface area contributed by atoms with Gasteiger partial charge < -0.3 is 14.0 Å². The highest BCUT2D eigenvalue weighted by Crippen LogP contribution is 2.27. The Labute approximate surface area is 153 Å². The van der Waals surface area contributed by atoms with E-state index in [-0.39, 0.29) is 5.75 Å². The second kappa shape index (κ2) is 7.35. The molecule has 8 heteroatoms. The molecule has 1 aromatic carbocycles. The number of methoxy groups -OCH3 is 1. The largest absolute Gasteiger partial charge is 0.609 e. The van der Waals surface area contributed by atoms with Gasteiger partial charge >= 0.3 is 11.1 Å². The first-order valence-corrected chi connectivity index (χ1v) is 9.26. The van der Waals surface area contributed by atoms with Gasteiger partial charge in [-0.25, -0.2) is 0 Å². The molecule has 0 aliphatic carbocycles. The Morgan fingerprint density at radius 1 is 1.35 bits per heavy atom. The van der Waals surface area contributed by atoms with E-state index >= 15 is 0 Å². The fourth-order valence-corrected chi connectivity index (χ4v) is 3.81. The molecule has 0 bridgehead atoms. The van der Waals surface area contributed by atoms with Gasteiger partial charge in [0.1, 0.15) is 11.5 Å². The van der Waals surface area contributed by atoms with Crippen LogP contribution < -0.4 is 9.47 Å². The predicted octanol–water partition coefficient (Wildman–Crippen LogP) is 2.82. The van der Waals surface area contributed by atoms with Crippen molar-refractivity contribution in [3.8, 4) is 11.5 Å². The minimum Gasteiger partial charge on any atom is -0.609 e. The number of H-pyrrole nitrogens is 1. The molecule has 1 N–H and O–H groups in total. The number of aromatic nitrogens is 3. The van der Waals surface area contributed by atoms with Gasteiger partial charge in [-0.3, -0.25) is 14.8 Å². The van der Waals surface area contributed by atoms with E-state index in [9.17, 15) is 9.35 Å². The summed E-state index contributed by atoms with van der Waals surface area (Å²) in [6, 6.07) is 5.01. The lowest BCUT2D eigenvalue weighted by Gasteiger charge is -2.13. The highest BCUT2D eigenvalue weighted by Gasteiger charge is 2.21. The van der Waals surface area contributed by atoms with E-state index in [0.29, 0.717) is 27.6 Å². The predicted molar refractivity (Wildman–Crippen MR) is 97.8 cm³/mol. The zero-order valence-electron chi connectivity index (χ0n) is 15.0. The van der Waals surface area contributed by atoms with E-state index in [0.717, 1.165) is 16.9 Å². The highest BCUT2D eigenvalue weighted by atomic mass is 32.2. The third-order valence-electron chi connectivity index (χ3n) is 3.93. The number of nitrogens with zero attached hydrogens (tertiary/aromatic N) is 2. The number of carbonyl (C=O) groups excluding carboxylic acids is 1. The van der Waals surface area contributed by atoms with Crippen LogP contribution in [0.2, 0.25) is 0 Å². The van der Waals surface area contributed by atoms with Crippen LogP contribution in [0.15, 0.2) is 29.6 Å². The fourth-order valence-electron chi connectivity index (χ4n) is 2.71. The highest BCUT2D eigenvalue weighted by molar-refractivity contribution is 7.90. The summed E-state index contributed by atoms with van der Waals surface area (Å²) in [7, 11) is 1.61. The molecule has 136 valence electrons. The Bertz CT molecular complexity index is 970. The van der Waals surface area contributed by atoms with E-state index in [4.69, 9.17) is 9.47 Å². The number of rotatable bonds is 5. The fraction of sp³-hybridized carbons (Fsp3) is 0.278. The number of imidazole rings is 1. The Balaban J connectivity index is 1.86. The van der Waals surface area contributed by atoms with Crippen molar-refractivity contribution in [1.29, 1.82) is 0 Å². The molecule has 0 saturated carbocycles.